The van der Waals surface area contributed by atoms with E-state index in [1.807, 2.05) is 6.92 Å². The molecule has 1 radical (unpaired) electrons. The van der Waals surface area contributed by atoms with Crippen LogP contribution in [0.2, 0.25) is 0 Å². The number of alkyl carbamates (subject to hydrolysis) is 1. The molecule has 1 aliphatic rings. The van der Waals surface area contributed by atoms with Gasteiger partial charge >= 0.3 is 11.9 Å². The number of aliphatic hydroxyl groups is 1. The number of nitrogens with one attached hydrogen (secondary N) is 2. The Morgan fingerprint density at radius 2 is 1.98 bits per heavy atom. The van der Waals surface area contributed by atoms with Gasteiger partial charge in [-0.1, -0.05) is 24.0 Å². The Kier molecular flexibility index (Phi) is 9.62. The molecule has 4 rings (SSSR count). The van der Waals surface area contributed by atoms with Crippen molar-refractivity contribution in [1.82, 2.24) is 25.6 Å². The van der Waals surface area contributed by atoms with Crippen LogP contribution in [0.5, 0.6) is 0 Å². The van der Waals surface area contributed by atoms with Gasteiger partial charge in [0.1, 0.15) is 23.8 Å². The largest absolute Gasteiger partial charge is 0.435 e. The molecule has 0 saturated carbocycles. The van der Waals surface area contributed by atoms with Crippen molar-refractivity contribution < 1.29 is 23.4 Å². The molecule has 1 aromatic heterocycles. The van der Waals surface area contributed by atoms with Crippen LogP contribution in [0.15, 0.2) is 52.9 Å². The summed E-state index contributed by atoms with van der Waals surface area (Å²) in [5.41, 5.74) is -0.367. The number of amides is 1. The Bertz CT molecular complexity index is 1520. The molecule has 1 amide bonds. The van der Waals surface area contributed by atoms with E-state index < -0.39 is 35.4 Å². The molecule has 3 aromatic rings. The lowest BCUT2D eigenvalue weighted by molar-refractivity contribution is -0.00828. The second kappa shape index (κ2) is 13.2. The minimum atomic E-state index is -2.00. The number of carbonyl (C=O) groups is 1. The molecule has 13 heteroatoms. The molecule has 0 aliphatic carbocycles. The van der Waals surface area contributed by atoms with Gasteiger partial charge < -0.3 is 20.5 Å². The molecule has 219 valence electrons. The van der Waals surface area contributed by atoms with Crippen LogP contribution in [-0.2, 0) is 10.3 Å². The maximum atomic E-state index is 15.1. The van der Waals surface area contributed by atoms with Crippen LogP contribution in [0, 0.1) is 23.0 Å². The van der Waals surface area contributed by atoms with Gasteiger partial charge in [0.15, 0.2) is 6.10 Å². The maximum absolute atomic E-state index is 15.1. The molecule has 0 saturated heterocycles. The van der Waals surface area contributed by atoms with Gasteiger partial charge in [-0.25, -0.2) is 18.6 Å². The average molecular weight is 596 g/mol. The van der Waals surface area contributed by atoms with E-state index in [2.05, 4.69) is 31.8 Å². The highest BCUT2D eigenvalue weighted by Crippen LogP contribution is 2.41. The third-order valence-corrected chi connectivity index (χ3v) is 7.99. The van der Waals surface area contributed by atoms with Crippen molar-refractivity contribution in [2.45, 2.75) is 44.4 Å². The number of aliphatic imine (C=N–C) groups is 1. The number of rotatable bonds is 11. The topological polar surface area (TPSA) is 137 Å². The molecule has 10 nitrogen and oxygen atoms in total. The standard InChI is InChI=1S/C29H31F2N7O3S/c1-17(33-4)13-34-28(39)41-19(3)26-35-16-38(37-26)15-29(40,23-11-22(30)9-10-24(23)31)18(2)27-36-25(14-42-27)21-7-5-20(12-32)6-8-21/h5-11,14,16-19,33,40H,13,15H2,1-4H3,(H,34,39)/q+1/t17?,18-,19?,29+/m0/s1. The summed E-state index contributed by atoms with van der Waals surface area (Å²) >= 11 is 1.26. The molecular formula is C29H31F2N7O3S+. The lowest BCUT2D eigenvalue weighted by Crippen LogP contribution is -2.43. The van der Waals surface area contributed by atoms with Gasteiger partial charge in [0.25, 0.3) is 6.34 Å². The predicted octanol–water partition coefficient (Wildman–Crippen LogP) is 3.67. The third kappa shape index (κ3) is 6.96. The zero-order valence-electron chi connectivity index (χ0n) is 23.5. The number of aromatic nitrogens is 1. The van der Waals surface area contributed by atoms with Gasteiger partial charge in [-0.05, 0) is 51.2 Å². The molecular weight excluding hydrogens is 564 g/mol. The molecule has 0 fully saturated rings. The van der Waals surface area contributed by atoms with E-state index in [1.165, 1.54) is 22.7 Å². The number of nitrogens with zero attached hydrogens (tertiary/aromatic N) is 5. The van der Waals surface area contributed by atoms with Crippen molar-refractivity contribution in [3.05, 3.63) is 75.6 Å². The van der Waals surface area contributed by atoms with Crippen LogP contribution in [0.4, 0.5) is 13.6 Å². The van der Waals surface area contributed by atoms with E-state index >= 15 is 4.39 Å². The molecule has 3 N–H and O–H groups in total. The Hall–Kier alpha value is -4.25. The normalized spacial score (nSPS) is 16.2. The fourth-order valence-electron chi connectivity index (χ4n) is 4.24. The van der Waals surface area contributed by atoms with Gasteiger partial charge in [0.05, 0.1) is 22.3 Å². The molecule has 2 aromatic carbocycles. The van der Waals surface area contributed by atoms with Gasteiger partial charge in [0, 0.05) is 40.1 Å². The highest BCUT2D eigenvalue weighted by Gasteiger charge is 2.46. The fourth-order valence-corrected chi connectivity index (χ4v) is 5.21. The Morgan fingerprint density at radius 3 is 2.67 bits per heavy atom. The van der Waals surface area contributed by atoms with Crippen LogP contribution in [-0.4, -0.2) is 65.6 Å². The minimum Gasteiger partial charge on any atom is -0.435 e. The van der Waals surface area contributed by atoms with Crippen molar-refractivity contribution in [2.24, 2.45) is 5.10 Å². The van der Waals surface area contributed by atoms with Gasteiger partial charge in [-0.15, -0.1) is 16.3 Å². The number of nitriles is 1. The highest BCUT2D eigenvalue weighted by atomic mass is 32.1. The molecule has 0 spiro atoms. The number of hydrogen-bond acceptors (Lipinski definition) is 10. The SMILES string of the molecule is CNC(C)CNC(=O)OC(C)C1=NN(C[C@](O)(c2cc(F)ccc2F)[C@@H](C)c2nc(-c3ccc(C#N)cc3)cs2)C=[N+]1. The second-order valence-electron chi connectivity index (χ2n) is 9.95. The summed E-state index contributed by atoms with van der Waals surface area (Å²) in [5.74, 6) is -2.15. The zero-order chi connectivity index (χ0) is 30.4. The predicted molar refractivity (Wildman–Crippen MR) is 156 cm³/mol. The van der Waals surface area contributed by atoms with E-state index in [4.69, 9.17) is 10.00 Å². The Morgan fingerprint density at radius 1 is 1.24 bits per heavy atom. The number of thiazole rings is 1. The summed E-state index contributed by atoms with van der Waals surface area (Å²) in [6.45, 7) is 5.23. The molecule has 4 atom stereocenters. The average Bonchev–Trinajstić information content (AvgIpc) is 3.67. The van der Waals surface area contributed by atoms with Crippen LogP contribution < -0.4 is 15.6 Å². The van der Waals surface area contributed by atoms with E-state index in [0.717, 1.165) is 23.8 Å². The summed E-state index contributed by atoms with van der Waals surface area (Å²) in [7, 11) is 1.78. The number of hydrazone groups is 1. The number of ether oxygens (including phenoxy) is 1. The van der Waals surface area contributed by atoms with Gasteiger partial charge in [-0.3, -0.25) is 0 Å². The van der Waals surface area contributed by atoms with Crippen molar-refractivity contribution in [2.75, 3.05) is 20.1 Å². The molecule has 42 heavy (non-hydrogen) atoms. The molecule has 0 bridgehead atoms. The number of β-amino-alcohol motifs (C(OH)–C–C–N with tert-alkyl or cyclic N) is 1. The monoisotopic (exact) mass is 595 g/mol. The quantitative estimate of drug-likeness (QED) is 0.308. The number of amidine groups is 1. The Labute approximate surface area is 246 Å². The Balaban J connectivity index is 1.58. The number of hydrogen-bond donors (Lipinski definition) is 3. The van der Waals surface area contributed by atoms with Crippen molar-refractivity contribution in [1.29, 1.82) is 5.26 Å². The summed E-state index contributed by atoms with van der Waals surface area (Å²) in [4.78, 5) is 21.0. The van der Waals surface area contributed by atoms with E-state index in [-0.39, 0.29) is 24.0 Å². The van der Waals surface area contributed by atoms with Crippen LogP contribution in [0.25, 0.3) is 11.3 Å². The zero-order valence-corrected chi connectivity index (χ0v) is 24.3. The van der Waals surface area contributed by atoms with Crippen LogP contribution >= 0.6 is 11.3 Å². The molecule has 1 aliphatic heterocycles. The lowest BCUT2D eigenvalue weighted by atomic mass is 9.81. The lowest BCUT2D eigenvalue weighted by Gasteiger charge is -2.33. The first-order valence-electron chi connectivity index (χ1n) is 13.2. The number of carbonyl (C=O) groups excluding carboxylic acids is 1. The minimum absolute atomic E-state index is 0.0473. The van der Waals surface area contributed by atoms with E-state index in [1.54, 1.807) is 50.5 Å². The van der Waals surface area contributed by atoms with E-state index in [0.29, 0.717) is 22.8 Å². The molecule has 2 unspecified atom stereocenters. The van der Waals surface area contributed by atoms with Crippen LogP contribution in [0.1, 0.15) is 42.8 Å². The maximum Gasteiger partial charge on any atom is 0.408 e. The highest BCUT2D eigenvalue weighted by molar-refractivity contribution is 7.10. The number of likely N-dealkylation sites (N-methyl/N-ethyl adjacent to an activating group) is 1. The van der Waals surface area contributed by atoms with Crippen molar-refractivity contribution in [3.8, 4) is 17.3 Å². The van der Waals surface area contributed by atoms with Crippen LogP contribution in [0.3, 0.4) is 0 Å². The first-order chi connectivity index (χ1) is 20.0. The summed E-state index contributed by atoms with van der Waals surface area (Å²) in [5, 5.41) is 34.7. The summed E-state index contributed by atoms with van der Waals surface area (Å²) < 4.78 is 34.8. The summed E-state index contributed by atoms with van der Waals surface area (Å²) in [6, 6.07) is 11.9. The fraction of sp³-hybridized carbons (Fsp3) is 0.345. The first-order valence-corrected chi connectivity index (χ1v) is 14.1. The van der Waals surface area contributed by atoms with E-state index in [9.17, 15) is 14.3 Å². The molecule has 2 heterocycles. The third-order valence-electron chi connectivity index (χ3n) is 6.96. The second-order valence-corrected chi connectivity index (χ2v) is 10.8. The van der Waals surface area contributed by atoms with Crippen molar-refractivity contribution in [3.63, 3.8) is 0 Å². The van der Waals surface area contributed by atoms with Gasteiger partial charge in [0.2, 0.25) is 0 Å². The number of halogens is 2. The first kappa shape index (κ1) is 30.7. The smallest absolute Gasteiger partial charge is 0.408 e. The van der Waals surface area contributed by atoms with Crippen molar-refractivity contribution >= 4 is 29.6 Å². The summed E-state index contributed by atoms with van der Waals surface area (Å²) in [6.07, 6.45) is -0.133. The van der Waals surface area contributed by atoms with Gasteiger partial charge in [-0.2, -0.15) is 5.26 Å². The number of benzene rings is 2.